The van der Waals surface area contributed by atoms with Crippen molar-refractivity contribution in [2.24, 2.45) is 0 Å². The summed E-state index contributed by atoms with van der Waals surface area (Å²) in [6.07, 6.45) is 1.96. The molecule has 0 radical (unpaired) electrons. The molecular formula is C22H25NO4S. The molecule has 6 heteroatoms. The van der Waals surface area contributed by atoms with E-state index in [1.807, 2.05) is 51.3 Å². The van der Waals surface area contributed by atoms with Gasteiger partial charge in [-0.1, -0.05) is 29.8 Å². The first-order valence-electron chi connectivity index (χ1n) is 9.00. The maximum Gasteiger partial charge on any atom is 0.306 e. The molecule has 0 unspecified atom stereocenters. The highest BCUT2D eigenvalue weighted by Gasteiger charge is 2.13. The van der Waals surface area contributed by atoms with E-state index in [4.69, 9.17) is 4.74 Å². The van der Waals surface area contributed by atoms with Gasteiger partial charge < -0.3 is 10.1 Å². The lowest BCUT2D eigenvalue weighted by Crippen LogP contribution is -2.22. The molecule has 0 saturated carbocycles. The number of thioether (sulfide) groups is 1. The second kappa shape index (κ2) is 10.1. The summed E-state index contributed by atoms with van der Waals surface area (Å²) in [7, 11) is 0. The molecular weight excluding hydrogens is 374 g/mol. The largest absolute Gasteiger partial charge is 0.456 e. The third-order valence-electron chi connectivity index (χ3n) is 4.27. The number of carbonyl (C=O) groups excluding carboxylic acids is 3. The van der Waals surface area contributed by atoms with Gasteiger partial charge in [0.1, 0.15) is 0 Å². The maximum absolute atomic E-state index is 12.1. The van der Waals surface area contributed by atoms with Crippen molar-refractivity contribution in [3.05, 3.63) is 58.7 Å². The summed E-state index contributed by atoms with van der Waals surface area (Å²) < 4.78 is 5.00. The molecule has 0 atom stereocenters. The van der Waals surface area contributed by atoms with Crippen LogP contribution in [-0.2, 0) is 14.3 Å². The highest BCUT2D eigenvalue weighted by atomic mass is 32.2. The first-order valence-corrected chi connectivity index (χ1v) is 10.2. The van der Waals surface area contributed by atoms with Crippen molar-refractivity contribution in [2.45, 2.75) is 38.5 Å². The zero-order valence-corrected chi connectivity index (χ0v) is 17.4. The fourth-order valence-electron chi connectivity index (χ4n) is 2.91. The number of carbonyl (C=O) groups is 3. The molecule has 2 aromatic rings. The zero-order valence-electron chi connectivity index (χ0n) is 16.6. The Morgan fingerprint density at radius 3 is 2.14 bits per heavy atom. The summed E-state index contributed by atoms with van der Waals surface area (Å²) >= 11 is 1.60. The number of amides is 1. The lowest BCUT2D eigenvalue weighted by molar-refractivity contribution is -0.147. The van der Waals surface area contributed by atoms with E-state index in [2.05, 4.69) is 5.32 Å². The van der Waals surface area contributed by atoms with Crippen LogP contribution in [0.4, 0.5) is 5.69 Å². The number of nitrogens with one attached hydrogen (secondary N) is 1. The molecule has 0 aliphatic carbocycles. The monoisotopic (exact) mass is 399 g/mol. The summed E-state index contributed by atoms with van der Waals surface area (Å²) in [5, 5.41) is 2.78. The third kappa shape index (κ3) is 6.23. The molecule has 0 aliphatic rings. The Labute approximate surface area is 169 Å². The van der Waals surface area contributed by atoms with Gasteiger partial charge in [0, 0.05) is 22.6 Å². The van der Waals surface area contributed by atoms with Gasteiger partial charge >= 0.3 is 5.97 Å². The Morgan fingerprint density at radius 2 is 1.57 bits per heavy atom. The molecule has 28 heavy (non-hydrogen) atoms. The van der Waals surface area contributed by atoms with E-state index in [9.17, 15) is 14.4 Å². The van der Waals surface area contributed by atoms with E-state index in [0.717, 1.165) is 27.3 Å². The van der Waals surface area contributed by atoms with Gasteiger partial charge in [-0.05, 0) is 50.3 Å². The van der Waals surface area contributed by atoms with Crippen molar-refractivity contribution in [1.82, 2.24) is 0 Å². The fourth-order valence-corrected chi connectivity index (χ4v) is 3.32. The quantitative estimate of drug-likeness (QED) is 0.403. The molecule has 2 aromatic carbocycles. The standard InChI is InChI=1S/C22H25NO4S/c1-14-11-15(2)22(16(3)12-14)23-20(25)13-27-21(26)10-9-19(24)17-5-7-18(28-4)8-6-17/h5-8,11-12H,9-10,13H2,1-4H3,(H,23,25). The zero-order chi connectivity index (χ0) is 20.7. The van der Waals surface area contributed by atoms with Gasteiger partial charge in [-0.15, -0.1) is 11.8 Å². The number of ketones is 1. The number of Topliss-reactive ketones (excluding diaryl/α,β-unsaturated/α-hetero) is 1. The molecule has 1 amide bonds. The third-order valence-corrected chi connectivity index (χ3v) is 5.02. The summed E-state index contributed by atoms with van der Waals surface area (Å²) in [5.41, 5.74) is 4.32. The highest BCUT2D eigenvalue weighted by Crippen LogP contribution is 2.21. The lowest BCUT2D eigenvalue weighted by Gasteiger charge is -2.13. The summed E-state index contributed by atoms with van der Waals surface area (Å²) in [6, 6.07) is 11.2. The topological polar surface area (TPSA) is 72.5 Å². The van der Waals surface area contributed by atoms with Gasteiger partial charge in [0.05, 0.1) is 6.42 Å². The summed E-state index contributed by atoms with van der Waals surface area (Å²) in [6.45, 7) is 5.45. The van der Waals surface area contributed by atoms with Crippen LogP contribution in [-0.4, -0.2) is 30.5 Å². The number of hydrogen-bond acceptors (Lipinski definition) is 5. The van der Waals surface area contributed by atoms with E-state index in [1.165, 1.54) is 0 Å². The summed E-state index contributed by atoms with van der Waals surface area (Å²) in [4.78, 5) is 37.1. The van der Waals surface area contributed by atoms with Gasteiger partial charge in [-0.2, -0.15) is 0 Å². The average Bonchev–Trinajstić information content (AvgIpc) is 2.67. The Morgan fingerprint density at radius 1 is 0.964 bits per heavy atom. The Bertz CT molecular complexity index is 852. The molecule has 0 heterocycles. The van der Waals surface area contributed by atoms with Crippen molar-refractivity contribution in [3.63, 3.8) is 0 Å². The van der Waals surface area contributed by atoms with Crippen molar-refractivity contribution >= 4 is 35.1 Å². The van der Waals surface area contributed by atoms with E-state index < -0.39 is 11.9 Å². The molecule has 0 spiro atoms. The first kappa shape index (κ1) is 21.7. The van der Waals surface area contributed by atoms with Gasteiger partial charge in [-0.25, -0.2) is 0 Å². The van der Waals surface area contributed by atoms with E-state index in [-0.39, 0.29) is 25.2 Å². The van der Waals surface area contributed by atoms with Crippen LogP contribution < -0.4 is 5.32 Å². The van der Waals surface area contributed by atoms with Crippen LogP contribution in [0.1, 0.15) is 39.9 Å². The van der Waals surface area contributed by atoms with Crippen LogP contribution in [0.15, 0.2) is 41.3 Å². The molecule has 2 rings (SSSR count). The number of esters is 1. The smallest absolute Gasteiger partial charge is 0.306 e. The predicted molar refractivity (Wildman–Crippen MR) is 112 cm³/mol. The van der Waals surface area contributed by atoms with Crippen LogP contribution in [0.3, 0.4) is 0 Å². The molecule has 0 fully saturated rings. The van der Waals surface area contributed by atoms with Gasteiger partial charge in [0.25, 0.3) is 5.91 Å². The molecule has 0 aromatic heterocycles. The SMILES string of the molecule is CSc1ccc(C(=O)CCC(=O)OCC(=O)Nc2c(C)cc(C)cc2C)cc1. The molecule has 0 aliphatic heterocycles. The Hall–Kier alpha value is -2.60. The van der Waals surface area contributed by atoms with Crippen molar-refractivity contribution in [1.29, 1.82) is 0 Å². The summed E-state index contributed by atoms with van der Waals surface area (Å²) in [5.74, 6) is -1.09. The van der Waals surface area contributed by atoms with Crippen LogP contribution in [0.25, 0.3) is 0 Å². The minimum atomic E-state index is -0.568. The second-order valence-corrected chi connectivity index (χ2v) is 7.51. The molecule has 5 nitrogen and oxygen atoms in total. The van der Waals surface area contributed by atoms with Crippen molar-refractivity contribution in [3.8, 4) is 0 Å². The van der Waals surface area contributed by atoms with Crippen LogP contribution in [0, 0.1) is 20.8 Å². The fraction of sp³-hybridized carbons (Fsp3) is 0.318. The van der Waals surface area contributed by atoms with Gasteiger partial charge in [0.15, 0.2) is 12.4 Å². The normalized spacial score (nSPS) is 10.4. The van der Waals surface area contributed by atoms with Crippen LogP contribution in [0.2, 0.25) is 0 Å². The molecule has 148 valence electrons. The van der Waals surface area contributed by atoms with Crippen LogP contribution in [0.5, 0.6) is 0 Å². The second-order valence-electron chi connectivity index (χ2n) is 6.63. The Kier molecular flexibility index (Phi) is 7.81. The van der Waals surface area contributed by atoms with E-state index >= 15 is 0 Å². The maximum atomic E-state index is 12.1. The number of hydrogen-bond donors (Lipinski definition) is 1. The van der Waals surface area contributed by atoms with Crippen molar-refractivity contribution in [2.75, 3.05) is 18.2 Å². The van der Waals surface area contributed by atoms with Crippen LogP contribution >= 0.6 is 11.8 Å². The number of rotatable bonds is 8. The van der Waals surface area contributed by atoms with Gasteiger partial charge in [-0.3, -0.25) is 14.4 Å². The molecule has 0 saturated heterocycles. The number of aryl methyl sites for hydroxylation is 3. The minimum absolute atomic E-state index is 0.0508. The average molecular weight is 400 g/mol. The molecule has 0 bridgehead atoms. The minimum Gasteiger partial charge on any atom is -0.456 e. The lowest BCUT2D eigenvalue weighted by atomic mass is 10.1. The van der Waals surface area contributed by atoms with Crippen molar-refractivity contribution < 1.29 is 19.1 Å². The Balaban J connectivity index is 1.78. The van der Waals surface area contributed by atoms with E-state index in [1.54, 1.807) is 23.9 Å². The highest BCUT2D eigenvalue weighted by molar-refractivity contribution is 7.98. The first-order chi connectivity index (χ1) is 13.3. The number of ether oxygens (including phenoxy) is 1. The number of benzene rings is 2. The van der Waals surface area contributed by atoms with E-state index in [0.29, 0.717) is 5.56 Å². The molecule has 1 N–H and O–H groups in total. The van der Waals surface area contributed by atoms with Gasteiger partial charge in [0.2, 0.25) is 0 Å². The number of anilines is 1. The predicted octanol–water partition coefficient (Wildman–Crippen LogP) is 4.48.